The zero-order valence-electron chi connectivity index (χ0n) is 8.80. The maximum Gasteiger partial charge on any atom is 1.00 e. The molecule has 0 bridgehead atoms. The Labute approximate surface area is 112 Å². The van der Waals surface area contributed by atoms with E-state index in [1.165, 1.54) is 0 Å². The van der Waals surface area contributed by atoms with Crippen molar-refractivity contribution < 1.29 is 42.5 Å². The molecular formula is C9H12NNaO3S. The van der Waals surface area contributed by atoms with Gasteiger partial charge in [-0.1, -0.05) is 37.3 Å². The van der Waals surface area contributed by atoms with Gasteiger partial charge in [0.1, 0.15) is 0 Å². The number of benzene rings is 1. The summed E-state index contributed by atoms with van der Waals surface area (Å²) in [5.41, 5.74) is 1.00. The van der Waals surface area contributed by atoms with E-state index in [-0.39, 0.29) is 42.0 Å². The van der Waals surface area contributed by atoms with Gasteiger partial charge >= 0.3 is 29.6 Å². The Morgan fingerprint density at radius 2 is 1.87 bits per heavy atom. The summed E-state index contributed by atoms with van der Waals surface area (Å²) < 4.78 is 32.8. The molecule has 0 spiro atoms. The average Bonchev–Trinajstić information content (AvgIpc) is 2.14. The molecule has 0 aromatic heterocycles. The monoisotopic (exact) mass is 237 g/mol. The van der Waals surface area contributed by atoms with Gasteiger partial charge in [-0.3, -0.25) is 0 Å². The van der Waals surface area contributed by atoms with E-state index >= 15 is 0 Å². The van der Waals surface area contributed by atoms with E-state index in [0.717, 1.165) is 5.56 Å². The van der Waals surface area contributed by atoms with Crippen molar-refractivity contribution in [2.24, 2.45) is 0 Å². The van der Waals surface area contributed by atoms with Crippen LogP contribution in [0.25, 0.3) is 0 Å². The van der Waals surface area contributed by atoms with Gasteiger partial charge in [-0.2, -0.15) is 0 Å². The minimum Gasteiger partial charge on any atom is -0.735 e. The molecule has 6 heteroatoms. The summed E-state index contributed by atoms with van der Waals surface area (Å²) in [5.74, 6) is -0.0000694. The van der Waals surface area contributed by atoms with Crippen molar-refractivity contribution in [2.75, 3.05) is 6.54 Å². The molecule has 0 aliphatic heterocycles. The molecule has 0 saturated carbocycles. The molecule has 15 heavy (non-hydrogen) atoms. The molecule has 0 heterocycles. The predicted molar refractivity (Wildman–Crippen MR) is 52.6 cm³/mol. The predicted octanol–water partition coefficient (Wildman–Crippen LogP) is -2.16. The third-order valence-electron chi connectivity index (χ3n) is 1.93. The van der Waals surface area contributed by atoms with Crippen LogP contribution >= 0.6 is 0 Å². The molecule has 0 saturated heterocycles. The SMILES string of the molecule is CC(CNS(=O)(=O)[O-])c1ccccc1.[Na+]. The second kappa shape index (κ2) is 6.62. The number of nitrogens with one attached hydrogen (secondary N) is 1. The Morgan fingerprint density at radius 3 is 2.33 bits per heavy atom. The van der Waals surface area contributed by atoms with E-state index in [2.05, 4.69) is 0 Å². The van der Waals surface area contributed by atoms with Gasteiger partial charge in [-0.15, -0.1) is 0 Å². The number of rotatable bonds is 4. The summed E-state index contributed by atoms with van der Waals surface area (Å²) in [6, 6.07) is 9.41. The molecule has 1 aromatic carbocycles. The van der Waals surface area contributed by atoms with Crippen LogP contribution in [-0.4, -0.2) is 19.5 Å². The quantitative estimate of drug-likeness (QED) is 0.479. The first-order valence-electron chi connectivity index (χ1n) is 4.24. The molecule has 0 fully saturated rings. The molecule has 1 rings (SSSR count). The molecule has 0 amide bonds. The van der Waals surface area contributed by atoms with Crippen LogP contribution in [0.2, 0.25) is 0 Å². The van der Waals surface area contributed by atoms with Gasteiger partial charge in [0, 0.05) is 6.54 Å². The Morgan fingerprint density at radius 1 is 1.33 bits per heavy atom. The second-order valence-electron chi connectivity index (χ2n) is 3.11. The standard InChI is InChI=1S/C9H13NO3S.Na/c1-8(7-10-14(11,12)13)9-5-3-2-4-6-9;/h2-6,8,10H,7H2,1H3,(H,11,12,13);/q;+1/p-1. The van der Waals surface area contributed by atoms with Gasteiger partial charge in [0.05, 0.1) is 0 Å². The van der Waals surface area contributed by atoms with Crippen LogP contribution in [0.5, 0.6) is 0 Å². The largest absolute Gasteiger partial charge is 1.00 e. The molecule has 0 aliphatic rings. The first-order valence-corrected chi connectivity index (χ1v) is 5.65. The van der Waals surface area contributed by atoms with Crippen LogP contribution < -0.4 is 34.3 Å². The molecule has 1 unspecified atom stereocenters. The van der Waals surface area contributed by atoms with Crippen molar-refractivity contribution >= 4 is 10.3 Å². The zero-order valence-corrected chi connectivity index (χ0v) is 11.6. The smallest absolute Gasteiger partial charge is 0.735 e. The van der Waals surface area contributed by atoms with Crippen LogP contribution in [0.15, 0.2) is 30.3 Å². The normalized spacial score (nSPS) is 12.9. The van der Waals surface area contributed by atoms with Gasteiger partial charge in [0.25, 0.3) is 0 Å². The molecule has 0 aliphatic carbocycles. The summed E-state index contributed by atoms with van der Waals surface area (Å²) in [6.07, 6.45) is 0. The topological polar surface area (TPSA) is 69.2 Å². The number of hydrogen-bond acceptors (Lipinski definition) is 3. The number of hydrogen-bond donors (Lipinski definition) is 1. The van der Waals surface area contributed by atoms with Crippen LogP contribution in [0.4, 0.5) is 0 Å². The summed E-state index contributed by atoms with van der Waals surface area (Å²) >= 11 is 0. The first kappa shape index (κ1) is 15.1. The first-order chi connectivity index (χ1) is 6.49. The van der Waals surface area contributed by atoms with Gasteiger partial charge in [-0.05, 0) is 11.5 Å². The third kappa shape index (κ3) is 6.29. The molecule has 1 aromatic rings. The van der Waals surface area contributed by atoms with E-state index in [1.807, 2.05) is 42.0 Å². The molecule has 1 atom stereocenters. The molecule has 1 N–H and O–H groups in total. The fourth-order valence-electron chi connectivity index (χ4n) is 1.13. The van der Waals surface area contributed by atoms with Gasteiger partial charge in [0.15, 0.2) is 10.3 Å². The van der Waals surface area contributed by atoms with Crippen molar-refractivity contribution in [1.29, 1.82) is 0 Å². The van der Waals surface area contributed by atoms with E-state index < -0.39 is 10.3 Å². The Balaban J connectivity index is 0.00000196. The Bertz CT molecular complexity index is 380. The van der Waals surface area contributed by atoms with E-state index in [0.29, 0.717) is 0 Å². The van der Waals surface area contributed by atoms with Crippen molar-refractivity contribution in [1.82, 2.24) is 4.72 Å². The summed E-state index contributed by atoms with van der Waals surface area (Å²) in [5, 5.41) is 0. The van der Waals surface area contributed by atoms with Crippen LogP contribution in [0, 0.1) is 0 Å². The van der Waals surface area contributed by atoms with Crippen LogP contribution in [-0.2, 0) is 10.3 Å². The molecule has 0 radical (unpaired) electrons. The molecule has 4 nitrogen and oxygen atoms in total. The van der Waals surface area contributed by atoms with Crippen molar-refractivity contribution in [3.8, 4) is 0 Å². The fraction of sp³-hybridized carbons (Fsp3) is 0.333. The molecule has 78 valence electrons. The maximum atomic E-state index is 10.3. The van der Waals surface area contributed by atoms with Gasteiger partial charge in [0.2, 0.25) is 0 Å². The minimum atomic E-state index is -4.33. The van der Waals surface area contributed by atoms with Crippen LogP contribution in [0.3, 0.4) is 0 Å². The Hall–Kier alpha value is 0.0900. The minimum absolute atomic E-state index is 0. The second-order valence-corrected chi connectivity index (χ2v) is 4.31. The van der Waals surface area contributed by atoms with E-state index in [9.17, 15) is 13.0 Å². The fourth-order valence-corrected chi connectivity index (χ4v) is 1.58. The summed E-state index contributed by atoms with van der Waals surface area (Å²) in [7, 11) is -4.33. The zero-order chi connectivity index (χ0) is 10.6. The summed E-state index contributed by atoms with van der Waals surface area (Å²) in [4.78, 5) is 0. The van der Waals surface area contributed by atoms with Crippen molar-refractivity contribution in [3.63, 3.8) is 0 Å². The van der Waals surface area contributed by atoms with Crippen molar-refractivity contribution in [3.05, 3.63) is 35.9 Å². The van der Waals surface area contributed by atoms with Crippen LogP contribution in [0.1, 0.15) is 18.4 Å². The molecular weight excluding hydrogens is 225 g/mol. The van der Waals surface area contributed by atoms with Crippen molar-refractivity contribution in [2.45, 2.75) is 12.8 Å². The van der Waals surface area contributed by atoms with E-state index in [1.54, 1.807) is 0 Å². The Kier molecular flexibility index (Phi) is 6.66. The van der Waals surface area contributed by atoms with Gasteiger partial charge < -0.3 is 4.55 Å². The van der Waals surface area contributed by atoms with Gasteiger partial charge in [-0.25, -0.2) is 13.1 Å². The van der Waals surface area contributed by atoms with E-state index in [4.69, 9.17) is 0 Å². The third-order valence-corrected chi connectivity index (χ3v) is 2.46. The average molecular weight is 237 g/mol. The summed E-state index contributed by atoms with van der Waals surface area (Å²) in [6.45, 7) is 1.99. The maximum absolute atomic E-state index is 10.3.